The smallest absolute Gasteiger partial charge is 0.748 e. The van der Waals surface area contributed by atoms with Crippen LogP contribution in [0.4, 0.5) is 0 Å². The van der Waals surface area contributed by atoms with Crippen LogP contribution in [-0.2, 0) is 10.1 Å². The van der Waals surface area contributed by atoms with Gasteiger partial charge >= 0.3 is 29.6 Å². The minimum atomic E-state index is -4.42. The SMILES string of the molecule is CCCCCCCCCCCCCC(O)C(CCCCCCC)S(=O)(=O)[O-].[Na+]. The van der Waals surface area contributed by atoms with Crippen LogP contribution in [0.25, 0.3) is 0 Å². The zero-order valence-corrected chi connectivity index (χ0v) is 21.8. The number of hydrogen-bond acceptors (Lipinski definition) is 4. The van der Waals surface area contributed by atoms with E-state index in [9.17, 15) is 18.1 Å². The van der Waals surface area contributed by atoms with Crippen molar-refractivity contribution in [3.63, 3.8) is 0 Å². The molecule has 0 aliphatic heterocycles. The molecular formula is C22H45NaO4S. The van der Waals surface area contributed by atoms with E-state index in [0.29, 0.717) is 19.3 Å². The maximum Gasteiger partial charge on any atom is 1.00 e. The zero-order valence-electron chi connectivity index (χ0n) is 19.0. The Bertz CT molecular complexity index is 415. The molecule has 0 aliphatic carbocycles. The summed E-state index contributed by atoms with van der Waals surface area (Å²) >= 11 is 0. The minimum Gasteiger partial charge on any atom is -0.748 e. The van der Waals surface area contributed by atoms with E-state index in [1.54, 1.807) is 0 Å². The molecule has 0 rings (SSSR count). The third-order valence-corrected chi connectivity index (χ3v) is 6.79. The molecule has 28 heavy (non-hydrogen) atoms. The van der Waals surface area contributed by atoms with E-state index < -0.39 is 21.5 Å². The van der Waals surface area contributed by atoms with Crippen molar-refractivity contribution in [1.82, 2.24) is 0 Å². The summed E-state index contributed by atoms with van der Waals surface area (Å²) in [7, 11) is -4.42. The van der Waals surface area contributed by atoms with E-state index in [0.717, 1.165) is 44.9 Å². The average Bonchev–Trinajstić information content (AvgIpc) is 2.61. The second kappa shape index (κ2) is 21.1. The average molecular weight is 429 g/mol. The van der Waals surface area contributed by atoms with E-state index in [-0.39, 0.29) is 29.6 Å². The van der Waals surface area contributed by atoms with Crippen molar-refractivity contribution >= 4 is 10.1 Å². The molecule has 0 saturated heterocycles. The summed E-state index contributed by atoms with van der Waals surface area (Å²) in [6, 6.07) is 0. The second-order valence-electron chi connectivity index (χ2n) is 8.13. The number of aliphatic hydroxyl groups is 1. The van der Waals surface area contributed by atoms with E-state index >= 15 is 0 Å². The molecule has 4 nitrogen and oxygen atoms in total. The van der Waals surface area contributed by atoms with Crippen LogP contribution in [-0.4, -0.2) is 29.4 Å². The molecule has 0 amide bonds. The van der Waals surface area contributed by atoms with Gasteiger partial charge in [0.05, 0.1) is 11.4 Å². The molecule has 0 aromatic carbocycles. The predicted octanol–water partition coefficient (Wildman–Crippen LogP) is 3.33. The van der Waals surface area contributed by atoms with Gasteiger partial charge in [0.15, 0.2) is 0 Å². The van der Waals surface area contributed by atoms with Gasteiger partial charge < -0.3 is 9.66 Å². The van der Waals surface area contributed by atoms with Crippen LogP contribution in [0.3, 0.4) is 0 Å². The largest absolute Gasteiger partial charge is 1.00 e. The van der Waals surface area contributed by atoms with Crippen molar-refractivity contribution in [2.45, 2.75) is 141 Å². The van der Waals surface area contributed by atoms with Crippen LogP contribution in [0.5, 0.6) is 0 Å². The van der Waals surface area contributed by atoms with Crippen molar-refractivity contribution in [2.24, 2.45) is 0 Å². The number of aliphatic hydroxyl groups excluding tert-OH is 1. The standard InChI is InChI=1S/C22H46O4S.Na/c1-3-5-7-9-10-11-12-13-14-16-17-19-21(23)22(27(24,25)26)20-18-15-8-6-4-2;/h21-23H,3-20H2,1-2H3,(H,24,25,26);/q;+1/p-1. The van der Waals surface area contributed by atoms with Crippen molar-refractivity contribution in [3.05, 3.63) is 0 Å². The second-order valence-corrected chi connectivity index (χ2v) is 9.72. The third kappa shape index (κ3) is 18.9. The number of unbranched alkanes of at least 4 members (excludes halogenated alkanes) is 14. The molecule has 0 aromatic rings. The molecule has 0 aromatic heterocycles. The van der Waals surface area contributed by atoms with E-state index in [1.807, 2.05) is 0 Å². The predicted molar refractivity (Wildman–Crippen MR) is 114 cm³/mol. The minimum absolute atomic E-state index is 0. The van der Waals surface area contributed by atoms with Gasteiger partial charge in [-0.05, 0) is 12.8 Å². The molecular weight excluding hydrogens is 383 g/mol. The quantitative estimate of drug-likeness (QED) is 0.183. The Kier molecular flexibility index (Phi) is 23.4. The summed E-state index contributed by atoms with van der Waals surface area (Å²) < 4.78 is 34.4. The first kappa shape index (κ1) is 31.1. The van der Waals surface area contributed by atoms with Gasteiger partial charge in [-0.2, -0.15) is 0 Å². The Labute approximate surface area is 197 Å². The van der Waals surface area contributed by atoms with Crippen LogP contribution in [0.15, 0.2) is 0 Å². The maximum absolute atomic E-state index is 11.5. The Hall–Kier alpha value is 0.870. The summed E-state index contributed by atoms with van der Waals surface area (Å²) in [6.45, 7) is 4.36. The normalized spacial score (nSPS) is 13.9. The van der Waals surface area contributed by atoms with Crippen molar-refractivity contribution < 1.29 is 47.6 Å². The van der Waals surface area contributed by atoms with Crippen molar-refractivity contribution in [3.8, 4) is 0 Å². The van der Waals surface area contributed by atoms with Gasteiger partial charge in [-0.3, -0.25) is 0 Å². The molecule has 164 valence electrons. The molecule has 6 heteroatoms. The molecule has 0 aliphatic rings. The van der Waals surface area contributed by atoms with Gasteiger partial charge in [0.2, 0.25) is 0 Å². The Morgan fingerprint density at radius 2 is 0.964 bits per heavy atom. The van der Waals surface area contributed by atoms with Gasteiger partial charge in [-0.15, -0.1) is 0 Å². The molecule has 0 bridgehead atoms. The van der Waals surface area contributed by atoms with Crippen molar-refractivity contribution in [2.75, 3.05) is 0 Å². The molecule has 0 fully saturated rings. The molecule has 2 unspecified atom stereocenters. The first-order valence-electron chi connectivity index (χ1n) is 11.6. The van der Waals surface area contributed by atoms with Gasteiger partial charge in [0.25, 0.3) is 0 Å². The molecule has 0 heterocycles. The Morgan fingerprint density at radius 3 is 1.32 bits per heavy atom. The van der Waals surface area contributed by atoms with Crippen LogP contribution in [0, 0.1) is 0 Å². The fraction of sp³-hybridized carbons (Fsp3) is 1.00. The maximum atomic E-state index is 11.5. The number of rotatable bonds is 20. The fourth-order valence-electron chi connectivity index (χ4n) is 3.68. The van der Waals surface area contributed by atoms with Gasteiger partial charge in [0, 0.05) is 0 Å². The monoisotopic (exact) mass is 428 g/mol. The first-order valence-corrected chi connectivity index (χ1v) is 13.0. The van der Waals surface area contributed by atoms with E-state index in [4.69, 9.17) is 0 Å². The summed E-state index contributed by atoms with van der Waals surface area (Å²) in [5.74, 6) is 0. The summed E-state index contributed by atoms with van der Waals surface area (Å²) in [4.78, 5) is 0. The van der Waals surface area contributed by atoms with Gasteiger partial charge in [-0.1, -0.05) is 117 Å². The summed E-state index contributed by atoms with van der Waals surface area (Å²) in [5, 5.41) is 9.09. The van der Waals surface area contributed by atoms with Gasteiger partial charge in [-0.25, -0.2) is 8.42 Å². The Morgan fingerprint density at radius 1 is 0.643 bits per heavy atom. The molecule has 0 radical (unpaired) electrons. The van der Waals surface area contributed by atoms with E-state index in [2.05, 4.69) is 13.8 Å². The molecule has 0 saturated carbocycles. The first-order chi connectivity index (χ1) is 12.9. The van der Waals surface area contributed by atoms with Crippen LogP contribution in [0.2, 0.25) is 0 Å². The fourth-order valence-corrected chi connectivity index (χ4v) is 4.66. The Balaban J connectivity index is 0. The third-order valence-electron chi connectivity index (χ3n) is 5.50. The van der Waals surface area contributed by atoms with Crippen molar-refractivity contribution in [1.29, 1.82) is 0 Å². The van der Waals surface area contributed by atoms with Crippen LogP contribution >= 0.6 is 0 Å². The van der Waals surface area contributed by atoms with Crippen LogP contribution in [0.1, 0.15) is 129 Å². The van der Waals surface area contributed by atoms with E-state index in [1.165, 1.54) is 51.4 Å². The molecule has 2 atom stereocenters. The topological polar surface area (TPSA) is 77.4 Å². The zero-order chi connectivity index (χ0) is 20.4. The van der Waals surface area contributed by atoms with Crippen LogP contribution < -0.4 is 29.6 Å². The number of hydrogen-bond donors (Lipinski definition) is 1. The molecule has 1 N–H and O–H groups in total. The molecule has 0 spiro atoms. The summed E-state index contributed by atoms with van der Waals surface area (Å²) in [5.41, 5.74) is 0. The summed E-state index contributed by atoms with van der Waals surface area (Å²) in [6.07, 6.45) is 18.1. The van der Waals surface area contributed by atoms with Gasteiger partial charge in [0.1, 0.15) is 10.1 Å².